The number of hydrogen-bond acceptors (Lipinski definition) is 4. The molecule has 2 heterocycles. The maximum absolute atomic E-state index is 4.52. The van der Waals surface area contributed by atoms with Crippen LogP contribution in [-0.2, 0) is 0 Å². The molecule has 0 spiro atoms. The van der Waals surface area contributed by atoms with Crippen LogP contribution < -0.4 is 5.32 Å². The van der Waals surface area contributed by atoms with Crippen molar-refractivity contribution in [2.75, 3.05) is 5.32 Å². The van der Waals surface area contributed by atoms with Crippen molar-refractivity contribution >= 4 is 48.4 Å². The molecule has 3 nitrogen and oxygen atoms in total. The van der Waals surface area contributed by atoms with Gasteiger partial charge >= 0.3 is 0 Å². The Morgan fingerprint density at radius 2 is 2.11 bits per heavy atom. The first kappa shape index (κ1) is 11.6. The first-order valence-corrected chi connectivity index (χ1v) is 7.08. The lowest BCUT2D eigenvalue weighted by atomic mass is 10.3. The van der Waals surface area contributed by atoms with Gasteiger partial charge in [0.1, 0.15) is 5.82 Å². The van der Waals surface area contributed by atoms with Gasteiger partial charge in [-0.15, -0.1) is 0 Å². The molecule has 0 radical (unpaired) electrons. The van der Waals surface area contributed by atoms with Gasteiger partial charge in [0, 0.05) is 6.20 Å². The second-order valence-electron chi connectivity index (χ2n) is 3.95. The number of halogens is 1. The van der Waals surface area contributed by atoms with Crippen LogP contribution in [0.5, 0.6) is 0 Å². The van der Waals surface area contributed by atoms with Gasteiger partial charge in [0.25, 0.3) is 0 Å². The largest absolute Gasteiger partial charge is 0.315 e. The van der Waals surface area contributed by atoms with Gasteiger partial charge in [-0.3, -0.25) is 0 Å². The smallest absolute Gasteiger partial charge is 0.189 e. The van der Waals surface area contributed by atoms with Gasteiger partial charge in [-0.05, 0) is 46.6 Å². The molecule has 1 N–H and O–H groups in total. The number of aromatic nitrogens is 2. The molecule has 0 saturated carbocycles. The predicted octanol–water partition coefficient (Wildman–Crippen LogP) is 4.51. The summed E-state index contributed by atoms with van der Waals surface area (Å²) in [6.45, 7) is 2.01. The number of aryl methyl sites for hydroxylation is 1. The second-order valence-corrected chi connectivity index (χ2v) is 5.84. The zero-order chi connectivity index (χ0) is 12.5. The molecule has 2 aromatic heterocycles. The molecule has 0 unspecified atom stereocenters. The van der Waals surface area contributed by atoms with Gasteiger partial charge in [-0.25, -0.2) is 9.97 Å². The minimum absolute atomic E-state index is 0.791. The molecule has 5 heteroatoms. The maximum atomic E-state index is 4.52. The SMILES string of the molecule is Cc1cnc(Nc2nc3ccccc3s2)c(Br)c1. The third-order valence-corrected chi connectivity index (χ3v) is 4.05. The lowest BCUT2D eigenvalue weighted by molar-refractivity contribution is 1.24. The fourth-order valence-corrected chi connectivity index (χ4v) is 3.08. The molecule has 0 fully saturated rings. The minimum Gasteiger partial charge on any atom is -0.315 e. The van der Waals surface area contributed by atoms with E-state index in [1.165, 1.54) is 4.70 Å². The molecule has 0 atom stereocenters. The first-order chi connectivity index (χ1) is 8.72. The Morgan fingerprint density at radius 3 is 2.89 bits per heavy atom. The lowest BCUT2D eigenvalue weighted by Gasteiger charge is -2.04. The summed E-state index contributed by atoms with van der Waals surface area (Å²) in [6.07, 6.45) is 1.83. The number of nitrogens with one attached hydrogen (secondary N) is 1. The molecular weight excluding hydrogens is 310 g/mol. The summed E-state index contributed by atoms with van der Waals surface area (Å²) in [5, 5.41) is 4.09. The van der Waals surface area contributed by atoms with Crippen LogP contribution in [0.2, 0.25) is 0 Å². The second kappa shape index (κ2) is 4.66. The Morgan fingerprint density at radius 1 is 1.28 bits per heavy atom. The van der Waals surface area contributed by atoms with E-state index in [2.05, 4.69) is 37.3 Å². The average Bonchev–Trinajstić information content (AvgIpc) is 2.75. The highest BCUT2D eigenvalue weighted by Crippen LogP contribution is 2.30. The molecule has 0 bridgehead atoms. The van der Waals surface area contributed by atoms with Crippen molar-refractivity contribution in [3.05, 3.63) is 46.6 Å². The zero-order valence-electron chi connectivity index (χ0n) is 9.64. The average molecular weight is 320 g/mol. The molecule has 0 aliphatic carbocycles. The van der Waals surface area contributed by atoms with E-state index in [0.29, 0.717) is 0 Å². The van der Waals surface area contributed by atoms with E-state index in [1.54, 1.807) is 11.3 Å². The molecule has 0 amide bonds. The summed E-state index contributed by atoms with van der Waals surface area (Å²) in [5.41, 5.74) is 2.13. The fraction of sp³-hybridized carbons (Fsp3) is 0.0769. The van der Waals surface area contributed by atoms with Crippen molar-refractivity contribution < 1.29 is 0 Å². The van der Waals surface area contributed by atoms with Crippen LogP contribution in [0.4, 0.5) is 10.9 Å². The third-order valence-electron chi connectivity index (χ3n) is 2.50. The highest BCUT2D eigenvalue weighted by molar-refractivity contribution is 9.10. The summed E-state index contributed by atoms with van der Waals surface area (Å²) < 4.78 is 2.12. The normalized spacial score (nSPS) is 10.8. The molecule has 0 saturated heterocycles. The van der Waals surface area contributed by atoms with E-state index in [0.717, 1.165) is 26.5 Å². The third kappa shape index (κ3) is 2.23. The quantitative estimate of drug-likeness (QED) is 0.755. The van der Waals surface area contributed by atoms with Crippen LogP contribution in [0.3, 0.4) is 0 Å². The Labute approximate surface area is 117 Å². The first-order valence-electron chi connectivity index (χ1n) is 5.47. The highest BCUT2D eigenvalue weighted by atomic mass is 79.9. The van der Waals surface area contributed by atoms with Crippen molar-refractivity contribution in [2.45, 2.75) is 6.92 Å². The Hall–Kier alpha value is -1.46. The van der Waals surface area contributed by atoms with Gasteiger partial charge in [-0.1, -0.05) is 23.5 Å². The molecule has 1 aromatic carbocycles. The van der Waals surface area contributed by atoms with Crippen LogP contribution in [0.15, 0.2) is 41.0 Å². The summed E-state index contributed by atoms with van der Waals surface area (Å²) in [6, 6.07) is 10.1. The Kier molecular flexibility index (Phi) is 3.01. The summed E-state index contributed by atoms with van der Waals surface area (Å²) >= 11 is 5.12. The van der Waals surface area contributed by atoms with Crippen molar-refractivity contribution in [3.8, 4) is 0 Å². The number of nitrogens with zero attached hydrogens (tertiary/aromatic N) is 2. The Bertz CT molecular complexity index is 675. The summed E-state index contributed by atoms with van der Waals surface area (Å²) in [5.74, 6) is 0.791. The number of pyridine rings is 1. The number of anilines is 2. The minimum atomic E-state index is 0.791. The van der Waals surface area contributed by atoms with Gasteiger partial charge in [0.15, 0.2) is 5.13 Å². The maximum Gasteiger partial charge on any atom is 0.189 e. The van der Waals surface area contributed by atoms with Gasteiger partial charge in [-0.2, -0.15) is 0 Å². The highest BCUT2D eigenvalue weighted by Gasteiger charge is 2.06. The van der Waals surface area contributed by atoms with E-state index in [9.17, 15) is 0 Å². The van der Waals surface area contributed by atoms with Gasteiger partial charge in [0.2, 0.25) is 0 Å². The molecule has 3 rings (SSSR count). The number of benzene rings is 1. The van der Waals surface area contributed by atoms with Crippen molar-refractivity contribution in [2.24, 2.45) is 0 Å². The predicted molar refractivity (Wildman–Crippen MR) is 79.6 cm³/mol. The van der Waals surface area contributed by atoms with Crippen LogP contribution in [0.25, 0.3) is 10.2 Å². The monoisotopic (exact) mass is 319 g/mol. The van der Waals surface area contributed by atoms with Crippen LogP contribution >= 0.6 is 27.3 Å². The zero-order valence-corrected chi connectivity index (χ0v) is 12.0. The van der Waals surface area contributed by atoms with E-state index < -0.39 is 0 Å². The number of hydrogen-bond donors (Lipinski definition) is 1. The molecular formula is C13H10BrN3S. The van der Waals surface area contributed by atoms with Crippen molar-refractivity contribution in [1.29, 1.82) is 0 Å². The number of para-hydroxylation sites is 1. The van der Waals surface area contributed by atoms with E-state index in [1.807, 2.05) is 37.4 Å². The molecule has 0 aliphatic rings. The summed E-state index contributed by atoms with van der Waals surface area (Å²) in [4.78, 5) is 8.87. The number of rotatable bonds is 2. The topological polar surface area (TPSA) is 37.8 Å². The number of fused-ring (bicyclic) bond motifs is 1. The van der Waals surface area contributed by atoms with Crippen LogP contribution in [-0.4, -0.2) is 9.97 Å². The lowest BCUT2D eigenvalue weighted by Crippen LogP contribution is -1.94. The van der Waals surface area contributed by atoms with E-state index in [-0.39, 0.29) is 0 Å². The van der Waals surface area contributed by atoms with E-state index in [4.69, 9.17) is 0 Å². The summed E-state index contributed by atoms with van der Waals surface area (Å²) in [7, 11) is 0. The van der Waals surface area contributed by atoms with E-state index >= 15 is 0 Å². The van der Waals surface area contributed by atoms with Crippen molar-refractivity contribution in [1.82, 2.24) is 9.97 Å². The van der Waals surface area contributed by atoms with Gasteiger partial charge < -0.3 is 5.32 Å². The van der Waals surface area contributed by atoms with Crippen LogP contribution in [0.1, 0.15) is 5.56 Å². The molecule has 0 aliphatic heterocycles. The van der Waals surface area contributed by atoms with Crippen molar-refractivity contribution in [3.63, 3.8) is 0 Å². The number of thiazole rings is 1. The fourth-order valence-electron chi connectivity index (χ4n) is 1.65. The van der Waals surface area contributed by atoms with Crippen LogP contribution in [0, 0.1) is 6.92 Å². The Balaban J connectivity index is 1.96. The molecule has 90 valence electrons. The standard InChI is InChI=1S/C13H10BrN3S/c1-8-6-9(14)12(15-7-8)17-13-16-10-4-2-3-5-11(10)18-13/h2-7H,1H3,(H,15,16,17). The molecule has 18 heavy (non-hydrogen) atoms. The molecule has 3 aromatic rings. The van der Waals surface area contributed by atoms with Gasteiger partial charge in [0.05, 0.1) is 14.7 Å².